The number of aryl methyl sites for hydroxylation is 4. The van der Waals surface area contributed by atoms with Crippen molar-refractivity contribution in [2.24, 2.45) is 11.8 Å². The third-order valence-electron chi connectivity index (χ3n) is 18.6. The minimum Gasteiger partial charge on any atom is -0.396 e. The van der Waals surface area contributed by atoms with Gasteiger partial charge in [-0.15, -0.1) is 10.2 Å². The number of fused-ring (bicyclic) bond motifs is 2. The molecule has 0 saturated carbocycles. The SMILES string of the molecule is CC[C@H](NC)C(=O)N[C@@H]1C(=O)N2[C@@H](CC[C@@H]1CCO)CC[C@H]2C(=O)N[C@@H](c1ccccc1)c1cn(CCCCc2ccc(CCCCn3cc([C@@H](NC(=O)[C@@H]4CC[C@@H]5CC[C@H](CO)[C@H](NC(=O)[C@H](CC)NC)C(=O)N54)c4ccccc4)nn3)cc2)nn1. The molecule has 5 aromatic rings. The van der Waals surface area contributed by atoms with E-state index in [9.17, 15) is 39.0 Å². The predicted molar refractivity (Wildman–Crippen MR) is 327 cm³/mol. The highest BCUT2D eigenvalue weighted by molar-refractivity contribution is 5.95. The Hall–Kier alpha value is -7.40. The zero-order valence-corrected chi connectivity index (χ0v) is 50.9. The number of aliphatic hydroxyl groups excluding tert-OH is 2. The van der Waals surface area contributed by atoms with E-state index in [-0.39, 0.29) is 66.7 Å². The van der Waals surface area contributed by atoms with E-state index in [2.05, 4.69) is 76.8 Å². The van der Waals surface area contributed by atoms with Crippen molar-refractivity contribution in [3.05, 3.63) is 131 Å². The predicted octanol–water partition coefficient (Wildman–Crippen LogP) is 4.21. The van der Waals surface area contributed by atoms with Crippen molar-refractivity contribution in [2.45, 2.75) is 197 Å². The Morgan fingerprint density at radius 1 is 0.552 bits per heavy atom. The number of amides is 6. The number of nitrogens with one attached hydrogen (secondary N) is 6. The number of aliphatic hydroxyl groups is 2. The van der Waals surface area contributed by atoms with Gasteiger partial charge in [-0.1, -0.05) is 109 Å². The normalized spacial score (nSPS) is 23.4. The van der Waals surface area contributed by atoms with Crippen LogP contribution in [0, 0.1) is 11.8 Å². The number of likely N-dealkylation sites (N-methyl/N-ethyl adjacent to an activating group) is 2. The van der Waals surface area contributed by atoms with Crippen LogP contribution >= 0.6 is 0 Å². The molecule has 0 radical (unpaired) electrons. The molecule has 22 heteroatoms. The van der Waals surface area contributed by atoms with Gasteiger partial charge in [0.1, 0.15) is 35.6 Å². The Morgan fingerprint density at radius 3 is 1.37 bits per heavy atom. The summed E-state index contributed by atoms with van der Waals surface area (Å²) in [6, 6.07) is 22.3. The molecule has 6 amide bonds. The lowest BCUT2D eigenvalue weighted by atomic mass is 9.90. The zero-order chi connectivity index (χ0) is 61.4. The highest BCUT2D eigenvalue weighted by atomic mass is 16.3. The highest BCUT2D eigenvalue weighted by Crippen LogP contribution is 2.37. The van der Waals surface area contributed by atoms with E-state index in [1.807, 2.05) is 96.3 Å². The summed E-state index contributed by atoms with van der Waals surface area (Å²) in [5, 5.41) is 56.7. The van der Waals surface area contributed by atoms with E-state index in [4.69, 9.17) is 0 Å². The summed E-state index contributed by atoms with van der Waals surface area (Å²) in [6.07, 6.45) is 15.5. The Labute approximate surface area is 510 Å². The monoisotopic (exact) mass is 1190 g/mol. The van der Waals surface area contributed by atoms with Crippen LogP contribution in [-0.2, 0) is 54.7 Å². The van der Waals surface area contributed by atoms with Gasteiger partial charge in [-0.05, 0) is 151 Å². The van der Waals surface area contributed by atoms with Crippen molar-refractivity contribution in [3.63, 3.8) is 0 Å². The number of hydrogen-bond donors (Lipinski definition) is 8. The maximum atomic E-state index is 14.5. The van der Waals surface area contributed by atoms with Gasteiger partial charge in [-0.25, -0.2) is 0 Å². The molecule has 3 aromatic carbocycles. The molecule has 87 heavy (non-hydrogen) atoms. The third-order valence-corrected chi connectivity index (χ3v) is 18.6. The van der Waals surface area contributed by atoms with Gasteiger partial charge < -0.3 is 51.9 Å². The molecular formula is C65H90N14O8. The standard InChI is InChI=1S/C65H90N14O8/c1-5-50(66-3)60(82)70-58-46(35-38-80)27-29-48-31-33-54(78(48)64(58)86)62(84)68-56(44-19-9-7-10-20-44)52-39-76(74-72-52)36-15-13-17-42-23-25-43(26-24-42)18-14-16-37-77-40-53(73-75-77)57(45-21-11-8-12-22-45)69-63(85)55-34-32-49-30-28-47(41-81)59(65(87)79(49)55)71-61(83)51(6-2)67-4/h7-12,19-26,39-40,46-51,54-59,66-67,80-81H,5-6,13-18,27-38,41H2,1-4H3,(H,68,84)(H,69,85)(H,70,82)(H,71,83)/t46-,47-,48+,49+,50+,51+,54+,55+,56+,57+,58+,59+/m1/s1. The van der Waals surface area contributed by atoms with Crippen LogP contribution in [0.15, 0.2) is 97.3 Å². The van der Waals surface area contributed by atoms with Crippen LogP contribution in [-0.4, -0.2) is 161 Å². The number of nitrogens with zero attached hydrogens (tertiary/aromatic N) is 8. The van der Waals surface area contributed by atoms with E-state index in [1.165, 1.54) is 11.1 Å². The summed E-state index contributed by atoms with van der Waals surface area (Å²) in [4.78, 5) is 87.4. The van der Waals surface area contributed by atoms with Crippen LogP contribution in [0.1, 0.15) is 156 Å². The van der Waals surface area contributed by atoms with Crippen molar-refractivity contribution in [3.8, 4) is 0 Å². The average Bonchev–Trinajstić information content (AvgIpc) is 2.49. The van der Waals surface area contributed by atoms with Crippen molar-refractivity contribution < 1.29 is 39.0 Å². The topological polar surface area (TPSA) is 283 Å². The first-order valence-electron chi connectivity index (χ1n) is 31.8. The lowest BCUT2D eigenvalue weighted by molar-refractivity contribution is -0.144. The maximum absolute atomic E-state index is 14.5. The van der Waals surface area contributed by atoms with Gasteiger partial charge in [-0.3, -0.25) is 38.1 Å². The Morgan fingerprint density at radius 2 is 0.966 bits per heavy atom. The van der Waals surface area contributed by atoms with Gasteiger partial charge in [0.25, 0.3) is 0 Å². The second-order valence-corrected chi connectivity index (χ2v) is 24.1. The fraction of sp³-hybridized carbons (Fsp3) is 0.569. The van der Waals surface area contributed by atoms with Gasteiger partial charge in [0.05, 0.1) is 36.6 Å². The van der Waals surface area contributed by atoms with Gasteiger partial charge in [-0.2, -0.15) is 0 Å². The second-order valence-electron chi connectivity index (χ2n) is 24.1. The zero-order valence-electron chi connectivity index (χ0n) is 50.9. The highest BCUT2D eigenvalue weighted by Gasteiger charge is 2.50. The summed E-state index contributed by atoms with van der Waals surface area (Å²) in [5.41, 5.74) is 5.36. The Bertz CT molecular complexity index is 3040. The van der Waals surface area contributed by atoms with Crippen molar-refractivity contribution in [2.75, 3.05) is 27.3 Å². The molecule has 468 valence electrons. The van der Waals surface area contributed by atoms with Gasteiger partial charge in [0.2, 0.25) is 35.4 Å². The average molecular weight is 1200 g/mol. The van der Waals surface area contributed by atoms with Crippen LogP contribution in [0.5, 0.6) is 0 Å². The molecule has 4 aliphatic rings. The summed E-state index contributed by atoms with van der Waals surface area (Å²) >= 11 is 0. The first kappa shape index (κ1) is 64.1. The van der Waals surface area contributed by atoms with E-state index in [0.29, 0.717) is 95.1 Å². The first-order valence-corrected chi connectivity index (χ1v) is 31.8. The fourth-order valence-electron chi connectivity index (χ4n) is 13.6. The molecule has 4 aliphatic heterocycles. The first-order chi connectivity index (χ1) is 42.4. The van der Waals surface area contributed by atoms with E-state index in [1.54, 1.807) is 23.9 Å². The summed E-state index contributed by atoms with van der Waals surface area (Å²) in [6.45, 7) is 4.72. The molecule has 2 aromatic heterocycles. The second kappa shape index (κ2) is 31.0. The molecule has 0 spiro atoms. The minimum atomic E-state index is -0.940. The third kappa shape index (κ3) is 15.7. The summed E-state index contributed by atoms with van der Waals surface area (Å²) in [7, 11) is 3.41. The van der Waals surface area contributed by atoms with Crippen LogP contribution in [0.25, 0.3) is 0 Å². The van der Waals surface area contributed by atoms with Gasteiger partial charge in [0, 0.05) is 44.3 Å². The quantitative estimate of drug-likeness (QED) is 0.0312. The van der Waals surface area contributed by atoms with Crippen LogP contribution in [0.4, 0.5) is 0 Å². The van der Waals surface area contributed by atoms with Crippen LogP contribution in [0.3, 0.4) is 0 Å². The largest absolute Gasteiger partial charge is 0.396 e. The molecule has 4 saturated heterocycles. The number of carbonyl (C=O) groups is 6. The van der Waals surface area contributed by atoms with Crippen molar-refractivity contribution >= 4 is 35.4 Å². The molecule has 22 nitrogen and oxygen atoms in total. The number of unbranched alkanes of at least 4 members (excludes halogenated alkanes) is 2. The Kier molecular flexibility index (Phi) is 22.8. The molecule has 6 heterocycles. The van der Waals surface area contributed by atoms with Gasteiger partial charge >= 0.3 is 0 Å². The minimum absolute atomic E-state index is 0.102. The molecule has 9 rings (SSSR count). The van der Waals surface area contributed by atoms with E-state index < -0.39 is 54.3 Å². The lowest BCUT2D eigenvalue weighted by Crippen LogP contribution is -2.58. The smallest absolute Gasteiger partial charge is 0.246 e. The van der Waals surface area contributed by atoms with Crippen LogP contribution in [0.2, 0.25) is 0 Å². The number of aromatic nitrogens is 6. The van der Waals surface area contributed by atoms with Crippen molar-refractivity contribution in [1.82, 2.24) is 71.7 Å². The summed E-state index contributed by atoms with van der Waals surface area (Å²) in [5.74, 6) is -2.47. The number of carbonyl (C=O) groups excluding carboxylic acids is 6. The molecule has 0 unspecified atom stereocenters. The molecule has 4 fully saturated rings. The molecule has 12 atom stereocenters. The summed E-state index contributed by atoms with van der Waals surface area (Å²) < 4.78 is 3.64. The van der Waals surface area contributed by atoms with Gasteiger partial charge in [0.15, 0.2) is 0 Å². The number of hydrogen-bond acceptors (Lipinski definition) is 14. The molecule has 8 N–H and O–H groups in total. The van der Waals surface area contributed by atoms with E-state index in [0.717, 1.165) is 49.7 Å². The Balaban J connectivity index is 0.742. The molecular weight excluding hydrogens is 1100 g/mol. The lowest BCUT2D eigenvalue weighted by Gasteiger charge is -2.33. The van der Waals surface area contributed by atoms with E-state index >= 15 is 0 Å². The van der Waals surface area contributed by atoms with Crippen molar-refractivity contribution in [1.29, 1.82) is 0 Å². The molecule has 0 bridgehead atoms. The maximum Gasteiger partial charge on any atom is 0.246 e. The molecule has 0 aliphatic carbocycles. The number of rotatable bonds is 29. The van der Waals surface area contributed by atoms with Crippen LogP contribution < -0.4 is 31.9 Å². The fourth-order valence-corrected chi connectivity index (χ4v) is 13.6. The number of benzene rings is 3.